The Morgan fingerprint density at radius 1 is 1.03 bits per heavy atom. The quantitative estimate of drug-likeness (QED) is 0.272. The monoisotopic (exact) mass is 458 g/mol. The van der Waals surface area contributed by atoms with Gasteiger partial charge in [0.05, 0.1) is 11.4 Å². The summed E-state index contributed by atoms with van der Waals surface area (Å²) in [5.74, 6) is 0.389. The number of nitrogens with one attached hydrogen (secondary N) is 2. The molecular weight excluding hydrogens is 436 g/mol. The van der Waals surface area contributed by atoms with Crippen molar-refractivity contribution in [3.05, 3.63) is 106 Å². The van der Waals surface area contributed by atoms with Gasteiger partial charge in [-0.2, -0.15) is 10.2 Å². The average Bonchev–Trinajstić information content (AvgIpc) is 3.33. The Balaban J connectivity index is 1.36. The summed E-state index contributed by atoms with van der Waals surface area (Å²) in [4.78, 5) is 12.4. The molecule has 33 heavy (non-hydrogen) atoms. The number of H-pyrrole nitrogens is 1. The minimum Gasteiger partial charge on any atom is -0.489 e. The molecule has 0 aliphatic rings. The smallest absolute Gasteiger partial charge is 0.289 e. The summed E-state index contributed by atoms with van der Waals surface area (Å²) in [6.45, 7) is 4.37. The van der Waals surface area contributed by atoms with Crippen molar-refractivity contribution in [1.29, 1.82) is 0 Å². The average molecular weight is 459 g/mol. The van der Waals surface area contributed by atoms with Crippen LogP contribution in [0.5, 0.6) is 5.75 Å². The Bertz CT molecular complexity index is 1260. The molecule has 2 N–H and O–H groups in total. The number of amides is 1. The van der Waals surface area contributed by atoms with E-state index in [4.69, 9.17) is 16.3 Å². The van der Waals surface area contributed by atoms with E-state index in [1.54, 1.807) is 18.2 Å². The third kappa shape index (κ3) is 5.87. The third-order valence-corrected chi connectivity index (χ3v) is 5.34. The maximum absolute atomic E-state index is 12.4. The molecule has 4 rings (SSSR count). The predicted octanol–water partition coefficient (Wildman–Crippen LogP) is 5.77. The summed E-state index contributed by atoms with van der Waals surface area (Å²) in [5.41, 5.74) is 8.26. The van der Waals surface area contributed by atoms with E-state index in [0.29, 0.717) is 28.7 Å². The van der Waals surface area contributed by atoms with Gasteiger partial charge in [0.25, 0.3) is 5.91 Å². The first-order chi connectivity index (χ1) is 16.0. The van der Waals surface area contributed by atoms with Crippen LogP contribution in [0.3, 0.4) is 0 Å². The van der Waals surface area contributed by atoms with Crippen LogP contribution in [0.2, 0.25) is 5.02 Å². The molecule has 1 aromatic heterocycles. The molecule has 0 unspecified atom stereocenters. The molecule has 1 heterocycles. The highest BCUT2D eigenvalue weighted by Gasteiger charge is 2.11. The second-order valence-electron chi connectivity index (χ2n) is 7.61. The van der Waals surface area contributed by atoms with Crippen molar-refractivity contribution in [1.82, 2.24) is 15.6 Å². The standard InChI is InChI=1S/C26H23ClN4O2/c1-17-3-5-19(6-4-17)16-33-23-13-9-21(10-14-23)24-15-25(30-29-24)26(32)31-28-18(2)20-7-11-22(27)12-8-20/h3-15H,16H2,1-2H3,(H,29,30)(H,31,32)/b28-18+. The predicted molar refractivity (Wildman–Crippen MR) is 131 cm³/mol. The van der Waals surface area contributed by atoms with Crippen molar-refractivity contribution >= 4 is 23.2 Å². The Labute approximate surface area is 197 Å². The van der Waals surface area contributed by atoms with Crippen LogP contribution in [-0.4, -0.2) is 21.8 Å². The van der Waals surface area contributed by atoms with Gasteiger partial charge in [0.2, 0.25) is 0 Å². The molecule has 1 amide bonds. The number of halogens is 1. The summed E-state index contributed by atoms with van der Waals surface area (Å²) >= 11 is 5.90. The lowest BCUT2D eigenvalue weighted by Crippen LogP contribution is -2.19. The number of nitrogens with zero attached hydrogens (tertiary/aromatic N) is 2. The number of carbonyl (C=O) groups excluding carboxylic acids is 1. The van der Waals surface area contributed by atoms with Crippen LogP contribution in [0.1, 0.15) is 34.1 Å². The Kier molecular flexibility index (Phi) is 6.86. The van der Waals surface area contributed by atoms with E-state index in [-0.39, 0.29) is 5.91 Å². The van der Waals surface area contributed by atoms with Crippen LogP contribution < -0.4 is 10.2 Å². The zero-order valence-corrected chi connectivity index (χ0v) is 19.1. The van der Waals surface area contributed by atoms with Gasteiger partial charge in [0, 0.05) is 10.6 Å². The molecule has 0 saturated carbocycles. The van der Waals surface area contributed by atoms with Crippen molar-refractivity contribution in [2.75, 3.05) is 0 Å². The van der Waals surface area contributed by atoms with Gasteiger partial charge in [0.1, 0.15) is 18.1 Å². The van der Waals surface area contributed by atoms with E-state index in [9.17, 15) is 4.79 Å². The molecule has 6 nitrogen and oxygen atoms in total. The molecule has 0 bridgehead atoms. The lowest BCUT2D eigenvalue weighted by Gasteiger charge is -2.07. The van der Waals surface area contributed by atoms with Crippen molar-refractivity contribution in [3.8, 4) is 17.0 Å². The van der Waals surface area contributed by atoms with E-state index in [1.807, 2.05) is 43.3 Å². The maximum atomic E-state index is 12.4. The van der Waals surface area contributed by atoms with Gasteiger partial charge >= 0.3 is 0 Å². The lowest BCUT2D eigenvalue weighted by molar-refractivity contribution is 0.0950. The summed E-state index contributed by atoms with van der Waals surface area (Å²) in [6.07, 6.45) is 0. The minimum absolute atomic E-state index is 0.317. The van der Waals surface area contributed by atoms with Gasteiger partial charge in [-0.3, -0.25) is 9.89 Å². The van der Waals surface area contributed by atoms with Gasteiger partial charge in [-0.05, 0) is 67.4 Å². The summed E-state index contributed by atoms with van der Waals surface area (Å²) < 4.78 is 5.85. The van der Waals surface area contributed by atoms with E-state index >= 15 is 0 Å². The first-order valence-electron chi connectivity index (χ1n) is 10.4. The highest BCUT2D eigenvalue weighted by Crippen LogP contribution is 2.22. The van der Waals surface area contributed by atoms with E-state index in [2.05, 4.69) is 51.9 Å². The highest BCUT2D eigenvalue weighted by atomic mass is 35.5. The first-order valence-corrected chi connectivity index (χ1v) is 10.8. The largest absolute Gasteiger partial charge is 0.489 e. The van der Waals surface area contributed by atoms with Crippen molar-refractivity contribution < 1.29 is 9.53 Å². The highest BCUT2D eigenvalue weighted by molar-refractivity contribution is 6.30. The fraction of sp³-hybridized carbons (Fsp3) is 0.115. The molecule has 4 aromatic rings. The number of aryl methyl sites for hydroxylation is 1. The van der Waals surface area contributed by atoms with E-state index in [0.717, 1.165) is 22.4 Å². The molecule has 0 fully saturated rings. The van der Waals surface area contributed by atoms with Crippen LogP contribution in [-0.2, 0) is 6.61 Å². The molecule has 0 atom stereocenters. The number of hydrogen-bond donors (Lipinski definition) is 2. The first kappa shape index (κ1) is 22.3. The molecule has 0 spiro atoms. The molecule has 0 aliphatic heterocycles. The van der Waals surface area contributed by atoms with E-state index in [1.165, 1.54) is 5.56 Å². The van der Waals surface area contributed by atoms with Crippen molar-refractivity contribution in [2.24, 2.45) is 5.10 Å². The molecule has 3 aromatic carbocycles. The molecule has 0 aliphatic carbocycles. The topological polar surface area (TPSA) is 79.4 Å². The van der Waals surface area contributed by atoms with Gasteiger partial charge in [-0.1, -0.05) is 53.6 Å². The number of hydrazone groups is 1. The van der Waals surface area contributed by atoms with E-state index < -0.39 is 0 Å². The van der Waals surface area contributed by atoms with Crippen LogP contribution in [0.25, 0.3) is 11.3 Å². The number of ether oxygens (including phenoxy) is 1. The Morgan fingerprint density at radius 2 is 1.73 bits per heavy atom. The van der Waals surface area contributed by atoms with Gasteiger partial charge in [-0.25, -0.2) is 5.43 Å². The second-order valence-corrected chi connectivity index (χ2v) is 8.05. The van der Waals surface area contributed by atoms with Gasteiger partial charge < -0.3 is 4.74 Å². The van der Waals surface area contributed by atoms with Crippen LogP contribution in [0, 0.1) is 6.92 Å². The zero-order chi connectivity index (χ0) is 23.2. The fourth-order valence-electron chi connectivity index (χ4n) is 3.11. The molecule has 0 radical (unpaired) electrons. The number of benzene rings is 3. The number of aromatic amines is 1. The van der Waals surface area contributed by atoms with Crippen molar-refractivity contribution in [3.63, 3.8) is 0 Å². The SMILES string of the molecule is C/C(=N\NC(=O)c1cc(-c2ccc(OCc3ccc(C)cc3)cc2)n[nH]1)c1ccc(Cl)cc1. The Morgan fingerprint density at radius 3 is 2.42 bits per heavy atom. The Hall–Kier alpha value is -3.90. The molecular formula is C26H23ClN4O2. The number of rotatable bonds is 7. The molecule has 7 heteroatoms. The molecule has 0 saturated heterocycles. The molecule has 166 valence electrons. The third-order valence-electron chi connectivity index (χ3n) is 5.09. The second kappa shape index (κ2) is 10.1. The van der Waals surface area contributed by atoms with Crippen molar-refractivity contribution in [2.45, 2.75) is 20.5 Å². The van der Waals surface area contributed by atoms with Crippen LogP contribution >= 0.6 is 11.6 Å². The van der Waals surface area contributed by atoms with Gasteiger partial charge in [0.15, 0.2) is 0 Å². The summed E-state index contributed by atoms with van der Waals surface area (Å²) in [7, 11) is 0. The van der Waals surface area contributed by atoms with Crippen LogP contribution in [0.4, 0.5) is 0 Å². The lowest BCUT2D eigenvalue weighted by atomic mass is 10.1. The number of hydrogen-bond acceptors (Lipinski definition) is 4. The summed E-state index contributed by atoms with van der Waals surface area (Å²) in [6, 6.07) is 24.8. The summed E-state index contributed by atoms with van der Waals surface area (Å²) in [5, 5.41) is 11.8. The minimum atomic E-state index is -0.375. The fourth-order valence-corrected chi connectivity index (χ4v) is 3.24. The van der Waals surface area contributed by atoms with Gasteiger partial charge in [-0.15, -0.1) is 0 Å². The van der Waals surface area contributed by atoms with Crippen LogP contribution in [0.15, 0.2) is 84.0 Å². The maximum Gasteiger partial charge on any atom is 0.289 e. The zero-order valence-electron chi connectivity index (χ0n) is 18.3. The number of aromatic nitrogens is 2. The number of carbonyl (C=O) groups is 1. The normalized spacial score (nSPS) is 11.3.